The van der Waals surface area contributed by atoms with Crippen LogP contribution in [0.3, 0.4) is 0 Å². The van der Waals surface area contributed by atoms with Crippen molar-refractivity contribution in [2.75, 3.05) is 39.2 Å². The highest BCUT2D eigenvalue weighted by molar-refractivity contribution is 5.63. The van der Waals surface area contributed by atoms with E-state index in [1.165, 1.54) is 35.1 Å². The molecule has 3 aromatic carbocycles. The molecule has 0 saturated heterocycles. The molecule has 0 heterocycles. The summed E-state index contributed by atoms with van der Waals surface area (Å²) in [5, 5.41) is 17.1. The van der Waals surface area contributed by atoms with Gasteiger partial charge in [-0.25, -0.2) is 0 Å². The number of hydrogen-bond donors (Lipinski definition) is 3. The summed E-state index contributed by atoms with van der Waals surface area (Å²) in [5.41, 5.74) is 6.15. The van der Waals surface area contributed by atoms with Gasteiger partial charge in [0.05, 0.1) is 14.2 Å². The monoisotopic (exact) mass is 530 g/mol. The predicted octanol–water partition coefficient (Wildman–Crippen LogP) is 6.10. The van der Waals surface area contributed by atoms with E-state index < -0.39 is 0 Å². The molecule has 0 bridgehead atoms. The lowest BCUT2D eigenvalue weighted by atomic mass is 9.79. The van der Waals surface area contributed by atoms with Crippen LogP contribution in [-0.2, 0) is 19.3 Å². The largest absolute Gasteiger partial charge is 0.508 e. The Balaban J connectivity index is 1.23. The second-order valence-corrected chi connectivity index (χ2v) is 11.1. The molecule has 2 atom stereocenters. The Bertz CT molecular complexity index is 1240. The highest BCUT2D eigenvalue weighted by atomic mass is 16.5. The third kappa shape index (κ3) is 7.18. The van der Waals surface area contributed by atoms with E-state index in [9.17, 15) is 5.11 Å². The maximum absolute atomic E-state index is 9.90. The van der Waals surface area contributed by atoms with Gasteiger partial charge in [0, 0.05) is 24.3 Å². The molecule has 6 nitrogen and oxygen atoms in total. The molecule has 2 aliphatic carbocycles. The Morgan fingerprint density at radius 1 is 0.923 bits per heavy atom. The van der Waals surface area contributed by atoms with E-state index in [0.717, 1.165) is 67.6 Å². The molecule has 0 aromatic heterocycles. The SMILES string of the molecule is COc1cc(NC(C)Cc2ccc(OCCNCC3CC3)cc2)c(C2CCc3cc(O)ccc3C2)cc1OC. The molecule has 39 heavy (non-hydrogen) atoms. The zero-order valence-electron chi connectivity index (χ0n) is 23.5. The van der Waals surface area contributed by atoms with Crippen LogP contribution in [0.2, 0.25) is 0 Å². The Labute approximate surface area is 232 Å². The first kappa shape index (κ1) is 27.2. The Morgan fingerprint density at radius 2 is 1.69 bits per heavy atom. The van der Waals surface area contributed by atoms with E-state index in [0.29, 0.717) is 18.3 Å². The first-order valence-corrected chi connectivity index (χ1v) is 14.3. The number of aryl methyl sites for hydroxylation is 1. The Morgan fingerprint density at radius 3 is 2.44 bits per heavy atom. The summed E-state index contributed by atoms with van der Waals surface area (Å²) in [7, 11) is 3.37. The number of benzene rings is 3. The fourth-order valence-electron chi connectivity index (χ4n) is 5.63. The molecule has 3 N–H and O–H groups in total. The Hall–Kier alpha value is -3.38. The first-order valence-electron chi connectivity index (χ1n) is 14.3. The van der Waals surface area contributed by atoms with Gasteiger partial charge in [-0.15, -0.1) is 0 Å². The number of hydrogen-bond acceptors (Lipinski definition) is 6. The topological polar surface area (TPSA) is 72.0 Å². The number of rotatable bonds is 13. The van der Waals surface area contributed by atoms with Crippen molar-refractivity contribution in [3.63, 3.8) is 0 Å². The molecular formula is C33H42N2O4. The minimum Gasteiger partial charge on any atom is -0.508 e. The van der Waals surface area contributed by atoms with E-state index in [-0.39, 0.29) is 6.04 Å². The van der Waals surface area contributed by atoms with Crippen molar-refractivity contribution in [2.24, 2.45) is 5.92 Å². The summed E-state index contributed by atoms with van der Waals surface area (Å²) in [6.07, 6.45) is 6.54. The van der Waals surface area contributed by atoms with Crippen LogP contribution >= 0.6 is 0 Å². The highest BCUT2D eigenvalue weighted by Gasteiger charge is 2.25. The van der Waals surface area contributed by atoms with E-state index in [2.05, 4.69) is 60.0 Å². The summed E-state index contributed by atoms with van der Waals surface area (Å²) < 4.78 is 17.2. The van der Waals surface area contributed by atoms with Crippen molar-refractivity contribution in [2.45, 2.75) is 57.4 Å². The fourth-order valence-corrected chi connectivity index (χ4v) is 5.63. The van der Waals surface area contributed by atoms with Gasteiger partial charge in [-0.3, -0.25) is 0 Å². The molecule has 0 spiro atoms. The van der Waals surface area contributed by atoms with E-state index in [1.807, 2.05) is 6.07 Å². The van der Waals surface area contributed by atoms with Gasteiger partial charge in [0.1, 0.15) is 18.1 Å². The lowest BCUT2D eigenvalue weighted by Crippen LogP contribution is -2.23. The van der Waals surface area contributed by atoms with Gasteiger partial charge in [-0.1, -0.05) is 18.2 Å². The van der Waals surface area contributed by atoms with Crippen LogP contribution in [0, 0.1) is 5.92 Å². The lowest BCUT2D eigenvalue weighted by Gasteiger charge is -2.29. The normalized spacial score (nSPS) is 17.3. The summed E-state index contributed by atoms with van der Waals surface area (Å²) in [4.78, 5) is 0. The molecule has 2 unspecified atom stereocenters. The van der Waals surface area contributed by atoms with Crippen LogP contribution in [-0.4, -0.2) is 45.1 Å². The molecule has 0 amide bonds. The number of methoxy groups -OCH3 is 2. The van der Waals surface area contributed by atoms with Crippen molar-refractivity contribution in [1.29, 1.82) is 0 Å². The highest BCUT2D eigenvalue weighted by Crippen LogP contribution is 2.42. The zero-order chi connectivity index (χ0) is 27.2. The average molecular weight is 531 g/mol. The molecule has 0 radical (unpaired) electrons. The van der Waals surface area contributed by atoms with Gasteiger partial charge in [-0.2, -0.15) is 0 Å². The quantitative estimate of drug-likeness (QED) is 0.232. The van der Waals surface area contributed by atoms with Crippen molar-refractivity contribution in [3.8, 4) is 23.0 Å². The molecule has 1 saturated carbocycles. The van der Waals surface area contributed by atoms with Crippen LogP contribution in [0.5, 0.6) is 23.0 Å². The molecule has 208 valence electrons. The van der Waals surface area contributed by atoms with E-state index >= 15 is 0 Å². The molecule has 3 aromatic rings. The first-order chi connectivity index (χ1) is 19.0. The molecular weight excluding hydrogens is 488 g/mol. The zero-order valence-corrected chi connectivity index (χ0v) is 23.5. The van der Waals surface area contributed by atoms with Gasteiger partial charge in [0.2, 0.25) is 0 Å². The number of phenols is 1. The van der Waals surface area contributed by atoms with Crippen molar-refractivity contribution in [1.82, 2.24) is 5.32 Å². The molecule has 0 aliphatic heterocycles. The van der Waals surface area contributed by atoms with Gasteiger partial charge in [0.15, 0.2) is 11.5 Å². The summed E-state index contributed by atoms with van der Waals surface area (Å²) in [6, 6.07) is 18.6. The van der Waals surface area contributed by atoms with Gasteiger partial charge < -0.3 is 30.0 Å². The van der Waals surface area contributed by atoms with Crippen LogP contribution < -0.4 is 24.8 Å². The fraction of sp³-hybridized carbons (Fsp3) is 0.455. The van der Waals surface area contributed by atoms with Crippen molar-refractivity contribution in [3.05, 3.63) is 76.9 Å². The van der Waals surface area contributed by atoms with Crippen molar-refractivity contribution >= 4 is 5.69 Å². The maximum Gasteiger partial charge on any atom is 0.162 e. The summed E-state index contributed by atoms with van der Waals surface area (Å²) >= 11 is 0. The smallest absolute Gasteiger partial charge is 0.162 e. The number of ether oxygens (including phenoxy) is 3. The standard InChI is InChI=1S/C33H42N2O4/c1-22(16-23-6-12-29(13-7-23)39-15-14-34-21-24-4-5-24)35-31-20-33(38-3)32(37-2)19-30(31)27-9-8-26-18-28(36)11-10-25(26)17-27/h6-7,10-13,18-20,22,24,27,34-36H,4-5,8-9,14-17,21H2,1-3H3. The van der Waals surface area contributed by atoms with E-state index in [1.54, 1.807) is 20.3 Å². The van der Waals surface area contributed by atoms with Crippen LogP contribution in [0.4, 0.5) is 5.69 Å². The average Bonchev–Trinajstić information content (AvgIpc) is 3.77. The number of anilines is 1. The van der Waals surface area contributed by atoms with Crippen LogP contribution in [0.15, 0.2) is 54.6 Å². The lowest BCUT2D eigenvalue weighted by molar-refractivity contribution is 0.313. The number of fused-ring (bicyclic) bond motifs is 1. The molecule has 6 heteroatoms. The van der Waals surface area contributed by atoms with Gasteiger partial charge in [0.25, 0.3) is 0 Å². The molecule has 5 rings (SSSR count). The summed E-state index contributed by atoms with van der Waals surface area (Å²) in [6.45, 7) is 4.92. The maximum atomic E-state index is 9.90. The predicted molar refractivity (Wildman–Crippen MR) is 157 cm³/mol. The van der Waals surface area contributed by atoms with Crippen LogP contribution in [0.25, 0.3) is 0 Å². The number of nitrogens with one attached hydrogen (secondary N) is 2. The summed E-state index contributed by atoms with van der Waals surface area (Å²) in [5.74, 6) is 3.98. The minimum atomic E-state index is 0.216. The third-order valence-electron chi connectivity index (χ3n) is 7.96. The van der Waals surface area contributed by atoms with Crippen molar-refractivity contribution < 1.29 is 19.3 Å². The molecule has 2 aliphatic rings. The van der Waals surface area contributed by atoms with E-state index in [4.69, 9.17) is 14.2 Å². The van der Waals surface area contributed by atoms with Gasteiger partial charge in [-0.05, 0) is 116 Å². The van der Waals surface area contributed by atoms with Gasteiger partial charge >= 0.3 is 0 Å². The van der Waals surface area contributed by atoms with Crippen LogP contribution in [0.1, 0.15) is 54.4 Å². The number of phenolic OH excluding ortho intramolecular Hbond substituents is 1. The number of aromatic hydroxyl groups is 1. The Kier molecular flexibility index (Phi) is 8.82. The third-order valence-corrected chi connectivity index (χ3v) is 7.96. The minimum absolute atomic E-state index is 0.216. The molecule has 1 fully saturated rings. The second-order valence-electron chi connectivity index (χ2n) is 11.1. The second kappa shape index (κ2) is 12.6.